The van der Waals surface area contributed by atoms with Gasteiger partial charge in [0.05, 0.1) is 37.1 Å². The van der Waals surface area contributed by atoms with Gasteiger partial charge in [0.15, 0.2) is 9.84 Å². The molecular formula is C10H17NO7S2. The van der Waals surface area contributed by atoms with Gasteiger partial charge in [0, 0.05) is 6.54 Å². The molecule has 0 aliphatic carbocycles. The molecule has 2 aliphatic rings. The molecule has 10 heteroatoms. The Balaban J connectivity index is 2.25. The summed E-state index contributed by atoms with van der Waals surface area (Å²) in [7, 11) is -6.01. The lowest BCUT2D eigenvalue weighted by Crippen LogP contribution is -2.55. The molecule has 0 saturated carbocycles. The first-order valence-electron chi connectivity index (χ1n) is 6.14. The molecule has 2 fully saturated rings. The van der Waals surface area contributed by atoms with Crippen molar-refractivity contribution in [3.05, 3.63) is 0 Å². The third-order valence-electron chi connectivity index (χ3n) is 3.49. The second kappa shape index (κ2) is 5.58. The molecule has 2 heterocycles. The maximum absolute atomic E-state index is 12.5. The molecule has 20 heavy (non-hydrogen) atoms. The first kappa shape index (κ1) is 15.7. The maximum atomic E-state index is 12.5. The van der Waals surface area contributed by atoms with Crippen molar-refractivity contribution in [2.45, 2.75) is 17.7 Å². The number of methoxy groups -OCH3 is 1. The third kappa shape index (κ3) is 2.97. The summed E-state index contributed by atoms with van der Waals surface area (Å²) in [6.45, 7) is 0.121. The summed E-state index contributed by atoms with van der Waals surface area (Å²) >= 11 is 0. The van der Waals surface area contributed by atoms with Crippen LogP contribution in [0.15, 0.2) is 0 Å². The summed E-state index contributed by atoms with van der Waals surface area (Å²) in [5.41, 5.74) is 0. The lowest BCUT2D eigenvalue weighted by molar-refractivity contribution is -0.149. The molecule has 0 aromatic rings. The van der Waals surface area contributed by atoms with E-state index in [2.05, 4.69) is 4.74 Å². The van der Waals surface area contributed by atoms with Gasteiger partial charge in [0.25, 0.3) is 0 Å². The third-order valence-corrected chi connectivity index (χ3v) is 7.81. The average Bonchev–Trinajstić information content (AvgIpc) is 2.79. The van der Waals surface area contributed by atoms with Gasteiger partial charge in [-0.15, -0.1) is 0 Å². The van der Waals surface area contributed by atoms with Gasteiger partial charge in [-0.3, -0.25) is 4.79 Å². The Bertz CT molecular complexity index is 583. The predicted molar refractivity (Wildman–Crippen MR) is 69.3 cm³/mol. The highest BCUT2D eigenvalue weighted by Crippen LogP contribution is 2.25. The largest absolute Gasteiger partial charge is 0.468 e. The second-order valence-corrected chi connectivity index (χ2v) is 9.19. The predicted octanol–water partition coefficient (Wildman–Crippen LogP) is -1.62. The fourth-order valence-electron chi connectivity index (χ4n) is 2.40. The van der Waals surface area contributed by atoms with Crippen LogP contribution in [0, 0.1) is 0 Å². The number of sulfonamides is 1. The van der Waals surface area contributed by atoms with E-state index in [1.807, 2.05) is 0 Å². The van der Waals surface area contributed by atoms with Gasteiger partial charge in [-0.1, -0.05) is 0 Å². The molecule has 0 aromatic carbocycles. The van der Waals surface area contributed by atoms with E-state index in [-0.39, 0.29) is 37.7 Å². The van der Waals surface area contributed by atoms with Gasteiger partial charge in [-0.2, -0.15) is 4.31 Å². The standard InChI is InChI=1S/C10H17NO7S2/c1-17-10(12)9-6-18-4-3-11(9)20(15,16)8-2-5-19(13,14)7-8/h8-9H,2-7H2,1H3. The molecule has 0 spiro atoms. The highest BCUT2D eigenvalue weighted by molar-refractivity contribution is 7.95. The molecule has 0 radical (unpaired) electrons. The van der Waals surface area contributed by atoms with Crippen molar-refractivity contribution < 1.29 is 31.1 Å². The number of esters is 1. The topological polar surface area (TPSA) is 107 Å². The second-order valence-electron chi connectivity index (χ2n) is 4.79. The van der Waals surface area contributed by atoms with Crippen LogP contribution in [0.2, 0.25) is 0 Å². The molecule has 2 aliphatic heterocycles. The van der Waals surface area contributed by atoms with Gasteiger partial charge in [-0.05, 0) is 6.42 Å². The maximum Gasteiger partial charge on any atom is 0.326 e. The molecular weight excluding hydrogens is 310 g/mol. The lowest BCUT2D eigenvalue weighted by atomic mass is 10.3. The summed E-state index contributed by atoms with van der Waals surface area (Å²) in [6.07, 6.45) is 0.0654. The molecule has 2 saturated heterocycles. The van der Waals surface area contributed by atoms with Crippen LogP contribution in [0.4, 0.5) is 0 Å². The Hall–Kier alpha value is -0.710. The zero-order valence-electron chi connectivity index (χ0n) is 11.0. The van der Waals surface area contributed by atoms with Crippen LogP contribution in [-0.2, 0) is 34.1 Å². The Morgan fingerprint density at radius 3 is 2.65 bits per heavy atom. The number of hydrogen-bond acceptors (Lipinski definition) is 7. The molecule has 0 aromatic heterocycles. The van der Waals surface area contributed by atoms with E-state index in [9.17, 15) is 21.6 Å². The molecule has 116 valence electrons. The summed E-state index contributed by atoms with van der Waals surface area (Å²) in [6, 6.07) is -1.04. The highest BCUT2D eigenvalue weighted by atomic mass is 32.2. The van der Waals surface area contributed by atoms with E-state index in [1.54, 1.807) is 0 Å². The molecule has 8 nitrogen and oxygen atoms in total. The Labute approximate surface area is 118 Å². The fourth-order valence-corrected chi connectivity index (χ4v) is 7.03. The SMILES string of the molecule is COC(=O)C1COCCN1S(=O)(=O)C1CCS(=O)(=O)C1. The number of morpholine rings is 1. The molecule has 0 bridgehead atoms. The van der Waals surface area contributed by atoms with E-state index >= 15 is 0 Å². The normalized spacial score (nSPS) is 31.1. The van der Waals surface area contributed by atoms with Gasteiger partial charge in [0.2, 0.25) is 10.0 Å². The van der Waals surface area contributed by atoms with Gasteiger partial charge >= 0.3 is 5.97 Å². The van der Waals surface area contributed by atoms with Crippen LogP contribution in [0.5, 0.6) is 0 Å². The highest BCUT2D eigenvalue weighted by Gasteiger charge is 2.45. The lowest BCUT2D eigenvalue weighted by Gasteiger charge is -2.34. The van der Waals surface area contributed by atoms with Crippen molar-refractivity contribution in [1.29, 1.82) is 0 Å². The van der Waals surface area contributed by atoms with E-state index in [0.29, 0.717) is 0 Å². The number of nitrogens with zero attached hydrogens (tertiary/aromatic N) is 1. The van der Waals surface area contributed by atoms with Gasteiger partial charge < -0.3 is 9.47 Å². The van der Waals surface area contributed by atoms with Crippen molar-refractivity contribution >= 4 is 25.8 Å². The monoisotopic (exact) mass is 327 g/mol. The van der Waals surface area contributed by atoms with E-state index in [4.69, 9.17) is 4.74 Å². The number of sulfone groups is 1. The van der Waals surface area contributed by atoms with Crippen molar-refractivity contribution in [2.75, 3.05) is 38.4 Å². The zero-order valence-corrected chi connectivity index (χ0v) is 12.7. The molecule has 2 rings (SSSR count). The minimum Gasteiger partial charge on any atom is -0.468 e. The number of carbonyl (C=O) groups excluding carboxylic acids is 1. The zero-order chi connectivity index (χ0) is 15.0. The van der Waals surface area contributed by atoms with Crippen molar-refractivity contribution in [1.82, 2.24) is 4.31 Å². The van der Waals surface area contributed by atoms with Gasteiger partial charge in [0.1, 0.15) is 6.04 Å². The molecule has 0 N–H and O–H groups in total. The van der Waals surface area contributed by atoms with Crippen LogP contribution in [0.3, 0.4) is 0 Å². The number of carbonyl (C=O) groups is 1. The molecule has 2 unspecified atom stereocenters. The van der Waals surface area contributed by atoms with Crippen molar-refractivity contribution in [3.8, 4) is 0 Å². The summed E-state index contributed by atoms with van der Waals surface area (Å²) in [5, 5.41) is -0.988. The summed E-state index contributed by atoms with van der Waals surface area (Å²) in [4.78, 5) is 11.6. The van der Waals surface area contributed by atoms with Crippen LogP contribution in [0.25, 0.3) is 0 Å². The smallest absolute Gasteiger partial charge is 0.326 e. The van der Waals surface area contributed by atoms with Crippen LogP contribution in [-0.4, -0.2) is 76.8 Å². The average molecular weight is 327 g/mol. The Morgan fingerprint density at radius 1 is 1.40 bits per heavy atom. The van der Waals surface area contributed by atoms with Crippen LogP contribution >= 0.6 is 0 Å². The van der Waals surface area contributed by atoms with Crippen molar-refractivity contribution in [3.63, 3.8) is 0 Å². The van der Waals surface area contributed by atoms with Crippen LogP contribution in [0.1, 0.15) is 6.42 Å². The number of ether oxygens (including phenoxy) is 2. The van der Waals surface area contributed by atoms with Crippen molar-refractivity contribution in [2.24, 2.45) is 0 Å². The summed E-state index contributed by atoms with van der Waals surface area (Å²) in [5.74, 6) is -1.22. The quantitative estimate of drug-likeness (QED) is 0.573. The van der Waals surface area contributed by atoms with E-state index < -0.39 is 37.1 Å². The van der Waals surface area contributed by atoms with E-state index in [0.717, 1.165) is 4.31 Å². The Morgan fingerprint density at radius 2 is 2.10 bits per heavy atom. The van der Waals surface area contributed by atoms with Crippen LogP contribution < -0.4 is 0 Å². The number of rotatable bonds is 3. The Kier molecular flexibility index (Phi) is 4.38. The number of hydrogen-bond donors (Lipinski definition) is 0. The first-order valence-corrected chi connectivity index (χ1v) is 9.47. The minimum atomic E-state index is -3.86. The molecule has 0 amide bonds. The minimum absolute atomic E-state index is 0.0264. The summed E-state index contributed by atoms with van der Waals surface area (Å²) < 4.78 is 58.6. The molecule has 2 atom stereocenters. The fraction of sp³-hybridized carbons (Fsp3) is 0.900. The van der Waals surface area contributed by atoms with E-state index in [1.165, 1.54) is 7.11 Å². The van der Waals surface area contributed by atoms with Gasteiger partial charge in [-0.25, -0.2) is 16.8 Å². The first-order chi connectivity index (χ1) is 9.28.